The van der Waals surface area contributed by atoms with Crippen molar-refractivity contribution in [1.29, 1.82) is 0 Å². The molecule has 0 aliphatic rings. The van der Waals surface area contributed by atoms with Crippen LogP contribution in [0, 0.1) is 5.82 Å². The average molecular weight is 309 g/mol. The minimum absolute atomic E-state index is 0.166. The third-order valence-electron chi connectivity index (χ3n) is 2.81. The van der Waals surface area contributed by atoms with E-state index in [2.05, 4.69) is 4.98 Å². The molecule has 0 aliphatic carbocycles. The van der Waals surface area contributed by atoms with Crippen molar-refractivity contribution in [3.05, 3.63) is 59.1 Å². The highest BCUT2D eigenvalue weighted by Gasteiger charge is 2.13. The van der Waals surface area contributed by atoms with E-state index in [0.29, 0.717) is 11.6 Å². The number of para-hydroxylation sites is 1. The molecule has 2 aromatic rings. The quantitative estimate of drug-likeness (QED) is 0.852. The number of amides is 1. The van der Waals surface area contributed by atoms with E-state index >= 15 is 0 Å². The maximum Gasteiger partial charge on any atom is 0.272 e. The van der Waals surface area contributed by atoms with E-state index in [1.165, 1.54) is 29.3 Å². The highest BCUT2D eigenvalue weighted by Crippen LogP contribution is 2.15. The van der Waals surface area contributed by atoms with Gasteiger partial charge in [-0.3, -0.25) is 9.78 Å². The molecule has 21 heavy (non-hydrogen) atoms. The van der Waals surface area contributed by atoms with Crippen LogP contribution in [-0.4, -0.2) is 36.0 Å². The molecule has 0 fully saturated rings. The number of hydrogen-bond acceptors (Lipinski definition) is 3. The van der Waals surface area contributed by atoms with E-state index in [1.54, 1.807) is 25.2 Å². The smallest absolute Gasteiger partial charge is 0.272 e. The second kappa shape index (κ2) is 7.04. The summed E-state index contributed by atoms with van der Waals surface area (Å²) in [5.41, 5.74) is 0.260. The third kappa shape index (κ3) is 4.16. The summed E-state index contributed by atoms with van der Waals surface area (Å²) in [4.78, 5) is 17.5. The molecule has 4 nitrogen and oxygen atoms in total. The Balaban J connectivity index is 1.89. The molecule has 0 bridgehead atoms. The lowest BCUT2D eigenvalue weighted by molar-refractivity contribution is 0.0767. The van der Waals surface area contributed by atoms with Gasteiger partial charge in [0.25, 0.3) is 5.91 Å². The number of carbonyl (C=O) groups excluding carboxylic acids is 1. The predicted molar refractivity (Wildman–Crippen MR) is 78.1 cm³/mol. The van der Waals surface area contributed by atoms with E-state index in [-0.39, 0.29) is 24.0 Å². The Kier molecular flexibility index (Phi) is 5.11. The van der Waals surface area contributed by atoms with Crippen LogP contribution >= 0.6 is 11.6 Å². The number of nitrogens with zero attached hydrogens (tertiary/aromatic N) is 2. The average Bonchev–Trinajstić information content (AvgIpc) is 2.48. The zero-order valence-corrected chi connectivity index (χ0v) is 12.2. The van der Waals surface area contributed by atoms with Gasteiger partial charge in [0.05, 0.1) is 6.54 Å². The molecule has 0 aliphatic heterocycles. The lowest BCUT2D eigenvalue weighted by Crippen LogP contribution is -2.31. The summed E-state index contributed by atoms with van der Waals surface area (Å²) in [7, 11) is 1.62. The molecule has 1 aromatic carbocycles. The predicted octanol–water partition coefficient (Wildman–Crippen LogP) is 3.03. The van der Waals surface area contributed by atoms with Crippen LogP contribution in [0.4, 0.5) is 4.39 Å². The molecule has 0 saturated carbocycles. The fourth-order valence-corrected chi connectivity index (χ4v) is 1.83. The van der Waals surface area contributed by atoms with Crippen LogP contribution in [-0.2, 0) is 0 Å². The first-order valence-electron chi connectivity index (χ1n) is 6.32. The number of likely N-dealkylation sites (N-methyl/N-ethyl adjacent to an activating group) is 1. The number of ether oxygens (including phenoxy) is 1. The van der Waals surface area contributed by atoms with Gasteiger partial charge in [-0.1, -0.05) is 23.7 Å². The molecule has 0 saturated heterocycles. The lowest BCUT2D eigenvalue weighted by Gasteiger charge is -2.17. The molecule has 0 atom stereocenters. The van der Waals surface area contributed by atoms with Gasteiger partial charge in [0.15, 0.2) is 11.6 Å². The molecule has 0 N–H and O–H groups in total. The molecule has 0 unspecified atom stereocenters. The molecular weight excluding hydrogens is 295 g/mol. The van der Waals surface area contributed by atoms with Crippen molar-refractivity contribution in [3.63, 3.8) is 0 Å². The standard InChI is InChI=1S/C15H14ClFN2O2/c1-19(15(20)13-10-11(16)6-7-18-13)8-9-21-14-5-3-2-4-12(14)17/h2-7,10H,8-9H2,1H3. The molecule has 110 valence electrons. The fourth-order valence-electron chi connectivity index (χ4n) is 1.67. The Morgan fingerprint density at radius 3 is 2.86 bits per heavy atom. The normalized spacial score (nSPS) is 10.2. The highest BCUT2D eigenvalue weighted by molar-refractivity contribution is 6.30. The van der Waals surface area contributed by atoms with Crippen molar-refractivity contribution >= 4 is 17.5 Å². The van der Waals surface area contributed by atoms with Crippen LogP contribution in [0.15, 0.2) is 42.6 Å². The Morgan fingerprint density at radius 1 is 1.38 bits per heavy atom. The monoisotopic (exact) mass is 308 g/mol. The largest absolute Gasteiger partial charge is 0.489 e. The highest BCUT2D eigenvalue weighted by atomic mass is 35.5. The van der Waals surface area contributed by atoms with Gasteiger partial charge in [0.2, 0.25) is 0 Å². The van der Waals surface area contributed by atoms with Gasteiger partial charge in [0.1, 0.15) is 12.3 Å². The first-order chi connectivity index (χ1) is 10.1. The van der Waals surface area contributed by atoms with Crippen molar-refractivity contribution < 1.29 is 13.9 Å². The second-order valence-electron chi connectivity index (χ2n) is 4.36. The Bertz CT molecular complexity index is 637. The van der Waals surface area contributed by atoms with Gasteiger partial charge in [-0.2, -0.15) is 0 Å². The molecule has 6 heteroatoms. The second-order valence-corrected chi connectivity index (χ2v) is 4.80. The van der Waals surface area contributed by atoms with E-state index in [0.717, 1.165) is 0 Å². The summed E-state index contributed by atoms with van der Waals surface area (Å²) >= 11 is 5.82. The van der Waals surface area contributed by atoms with Crippen molar-refractivity contribution in [2.24, 2.45) is 0 Å². The molecule has 1 heterocycles. The number of aromatic nitrogens is 1. The minimum atomic E-state index is -0.428. The number of carbonyl (C=O) groups is 1. The Labute approximate surface area is 127 Å². The van der Waals surface area contributed by atoms with E-state index in [1.807, 2.05) is 0 Å². The summed E-state index contributed by atoms with van der Waals surface area (Å²) in [6.45, 7) is 0.491. The third-order valence-corrected chi connectivity index (χ3v) is 3.04. The van der Waals surface area contributed by atoms with E-state index in [9.17, 15) is 9.18 Å². The molecule has 0 spiro atoms. The summed E-state index contributed by atoms with van der Waals surface area (Å²) in [5, 5.41) is 0.448. The van der Waals surface area contributed by atoms with Gasteiger partial charge >= 0.3 is 0 Å². The first-order valence-corrected chi connectivity index (χ1v) is 6.70. The topological polar surface area (TPSA) is 42.4 Å². The maximum absolute atomic E-state index is 13.4. The molecule has 2 rings (SSSR count). The summed E-state index contributed by atoms with van der Waals surface area (Å²) in [5.74, 6) is -0.531. The van der Waals surface area contributed by atoms with Crippen LogP contribution < -0.4 is 4.74 Å². The Hall–Kier alpha value is -2.14. The maximum atomic E-state index is 13.4. The van der Waals surface area contributed by atoms with Crippen molar-refractivity contribution in [1.82, 2.24) is 9.88 Å². The van der Waals surface area contributed by atoms with E-state index in [4.69, 9.17) is 16.3 Å². The van der Waals surface area contributed by atoms with E-state index < -0.39 is 5.82 Å². The van der Waals surface area contributed by atoms with Crippen LogP contribution in [0.25, 0.3) is 0 Å². The number of halogens is 2. The zero-order chi connectivity index (χ0) is 15.2. The summed E-state index contributed by atoms with van der Waals surface area (Å²) in [6, 6.07) is 9.22. The van der Waals surface area contributed by atoms with Gasteiger partial charge in [-0.25, -0.2) is 4.39 Å². The lowest BCUT2D eigenvalue weighted by atomic mass is 10.3. The number of rotatable bonds is 5. The van der Waals surface area contributed by atoms with Crippen LogP contribution in [0.1, 0.15) is 10.5 Å². The van der Waals surface area contributed by atoms with Crippen LogP contribution in [0.5, 0.6) is 5.75 Å². The minimum Gasteiger partial charge on any atom is -0.489 e. The Morgan fingerprint density at radius 2 is 2.14 bits per heavy atom. The van der Waals surface area contributed by atoms with Crippen LogP contribution in [0.3, 0.4) is 0 Å². The molecular formula is C15H14ClFN2O2. The summed E-state index contributed by atoms with van der Waals surface area (Å²) < 4.78 is 18.7. The van der Waals surface area contributed by atoms with Crippen LogP contribution in [0.2, 0.25) is 5.02 Å². The van der Waals surface area contributed by atoms with Gasteiger partial charge in [-0.05, 0) is 24.3 Å². The first kappa shape index (κ1) is 15.3. The van der Waals surface area contributed by atoms with Crippen molar-refractivity contribution in [2.75, 3.05) is 20.2 Å². The number of hydrogen-bond donors (Lipinski definition) is 0. The molecule has 0 radical (unpaired) electrons. The summed E-state index contributed by atoms with van der Waals surface area (Å²) in [6.07, 6.45) is 1.47. The van der Waals surface area contributed by atoms with Gasteiger partial charge < -0.3 is 9.64 Å². The molecule has 1 amide bonds. The van der Waals surface area contributed by atoms with Crippen molar-refractivity contribution in [2.45, 2.75) is 0 Å². The zero-order valence-electron chi connectivity index (χ0n) is 11.4. The number of benzene rings is 1. The SMILES string of the molecule is CN(CCOc1ccccc1F)C(=O)c1cc(Cl)ccn1. The number of pyridine rings is 1. The molecule has 1 aromatic heterocycles. The fraction of sp³-hybridized carbons (Fsp3) is 0.200. The van der Waals surface area contributed by atoms with Gasteiger partial charge in [-0.15, -0.1) is 0 Å². The van der Waals surface area contributed by atoms with Crippen molar-refractivity contribution in [3.8, 4) is 5.75 Å². The van der Waals surface area contributed by atoms with Gasteiger partial charge in [0, 0.05) is 18.3 Å².